The Kier molecular flexibility index (Phi) is 4.16. The van der Waals surface area contributed by atoms with Crippen LogP contribution in [-0.2, 0) is 9.47 Å². The van der Waals surface area contributed by atoms with E-state index in [9.17, 15) is 4.79 Å². The van der Waals surface area contributed by atoms with E-state index in [-0.39, 0.29) is 17.7 Å². The summed E-state index contributed by atoms with van der Waals surface area (Å²) in [5, 5.41) is 8.71. The van der Waals surface area contributed by atoms with Crippen molar-refractivity contribution in [2.45, 2.75) is 31.6 Å². The highest BCUT2D eigenvalue weighted by Crippen LogP contribution is 2.41. The zero-order valence-electron chi connectivity index (χ0n) is 16.9. The number of nitrogens with zero attached hydrogens (tertiary/aromatic N) is 2. The summed E-state index contributed by atoms with van der Waals surface area (Å²) in [7, 11) is 0. The van der Waals surface area contributed by atoms with Crippen molar-refractivity contribution in [2.24, 2.45) is 0 Å². The number of thiophene rings is 1. The molecule has 0 radical (unpaired) electrons. The normalized spacial score (nSPS) is 23.4. The molecule has 0 saturated carbocycles. The van der Waals surface area contributed by atoms with E-state index in [1.165, 1.54) is 0 Å². The fraction of sp³-hybridized carbons (Fsp3) is 0.455. The molecule has 2 saturated heterocycles. The smallest absolute Gasteiger partial charge is 0.263 e. The van der Waals surface area contributed by atoms with Gasteiger partial charge in [0, 0.05) is 54.0 Å². The van der Waals surface area contributed by atoms with Gasteiger partial charge in [-0.05, 0) is 31.2 Å². The number of aromatic nitrogens is 1. The number of hydrogen-bond donors (Lipinski definition) is 2. The van der Waals surface area contributed by atoms with Crippen molar-refractivity contribution in [3.8, 4) is 0 Å². The van der Waals surface area contributed by atoms with E-state index in [2.05, 4.69) is 39.8 Å². The van der Waals surface area contributed by atoms with E-state index in [0.29, 0.717) is 19.8 Å². The number of amides is 1. The molecule has 2 fully saturated rings. The summed E-state index contributed by atoms with van der Waals surface area (Å²) >= 11 is 1.54. The summed E-state index contributed by atoms with van der Waals surface area (Å²) in [6.07, 6.45) is 1.72. The number of hydrogen-bond acceptors (Lipinski definition) is 7. The summed E-state index contributed by atoms with van der Waals surface area (Å²) in [6, 6.07) is 8.49. The van der Waals surface area contributed by atoms with Crippen LogP contribution in [0, 0.1) is 0 Å². The minimum absolute atomic E-state index is 0.0000239. The van der Waals surface area contributed by atoms with Crippen molar-refractivity contribution in [2.75, 3.05) is 43.1 Å². The predicted molar refractivity (Wildman–Crippen MR) is 119 cm³/mol. The number of fused-ring (bicyclic) bond motifs is 5. The number of benzene rings is 1. The first-order chi connectivity index (χ1) is 14.6. The van der Waals surface area contributed by atoms with E-state index in [0.717, 1.165) is 63.3 Å². The average Bonchev–Trinajstić information content (AvgIpc) is 3.34. The monoisotopic (exact) mass is 424 g/mol. The van der Waals surface area contributed by atoms with Gasteiger partial charge in [0.05, 0.1) is 24.4 Å². The molecule has 0 aliphatic carbocycles. The zero-order valence-corrected chi connectivity index (χ0v) is 17.7. The Bertz CT molecular complexity index is 1140. The van der Waals surface area contributed by atoms with E-state index < -0.39 is 0 Å². The van der Waals surface area contributed by atoms with Crippen LogP contribution < -0.4 is 15.5 Å². The van der Waals surface area contributed by atoms with E-state index in [4.69, 9.17) is 14.5 Å². The molecule has 2 aromatic heterocycles. The van der Waals surface area contributed by atoms with Crippen LogP contribution in [0.2, 0.25) is 0 Å². The summed E-state index contributed by atoms with van der Waals surface area (Å²) in [5.41, 5.74) is 1.89. The molecule has 5 heterocycles. The van der Waals surface area contributed by atoms with Gasteiger partial charge in [-0.15, -0.1) is 11.3 Å². The number of pyridine rings is 1. The molecule has 1 amide bonds. The number of ether oxygens (including phenoxy) is 2. The van der Waals surface area contributed by atoms with Crippen molar-refractivity contribution in [3.05, 3.63) is 29.1 Å². The first-order valence-corrected chi connectivity index (χ1v) is 11.4. The predicted octanol–water partition coefficient (Wildman–Crippen LogP) is 3.34. The maximum absolute atomic E-state index is 12.6. The van der Waals surface area contributed by atoms with Gasteiger partial charge in [-0.1, -0.05) is 0 Å². The molecule has 1 unspecified atom stereocenters. The summed E-state index contributed by atoms with van der Waals surface area (Å²) in [5.74, 6) is 0.604. The third kappa shape index (κ3) is 2.85. The van der Waals surface area contributed by atoms with Crippen molar-refractivity contribution < 1.29 is 14.3 Å². The van der Waals surface area contributed by atoms with Crippen LogP contribution in [0.15, 0.2) is 24.3 Å². The van der Waals surface area contributed by atoms with Gasteiger partial charge in [0.2, 0.25) is 0 Å². The summed E-state index contributed by atoms with van der Waals surface area (Å²) < 4.78 is 12.8. The lowest BCUT2D eigenvalue weighted by atomic mass is 10.0. The summed E-state index contributed by atoms with van der Waals surface area (Å²) in [4.78, 5) is 20.6. The quantitative estimate of drug-likeness (QED) is 0.624. The van der Waals surface area contributed by atoms with Crippen LogP contribution in [0.3, 0.4) is 0 Å². The third-order valence-electron chi connectivity index (χ3n) is 6.34. The number of carbonyl (C=O) groups excluding carboxylic acids is 1. The second-order valence-electron chi connectivity index (χ2n) is 8.33. The van der Waals surface area contributed by atoms with Crippen LogP contribution >= 0.6 is 11.3 Å². The Morgan fingerprint density at radius 1 is 1.17 bits per heavy atom. The van der Waals surface area contributed by atoms with E-state index in [1.54, 1.807) is 11.3 Å². The SMILES string of the molecule is CC1CNc2c(sc3ccc4nc(N5CCC6(CC5)OCCO6)ccc4c23)C(=O)N1. The first kappa shape index (κ1) is 18.4. The second-order valence-corrected chi connectivity index (χ2v) is 9.38. The summed E-state index contributed by atoms with van der Waals surface area (Å²) in [6.45, 7) is 5.86. The van der Waals surface area contributed by atoms with Crippen molar-refractivity contribution in [3.63, 3.8) is 0 Å². The van der Waals surface area contributed by atoms with Gasteiger partial charge >= 0.3 is 0 Å². The maximum atomic E-state index is 12.6. The fourth-order valence-electron chi connectivity index (χ4n) is 4.75. The molecule has 1 spiro atoms. The lowest BCUT2D eigenvalue weighted by Gasteiger charge is -2.38. The van der Waals surface area contributed by atoms with Crippen LogP contribution in [0.4, 0.5) is 11.5 Å². The maximum Gasteiger partial charge on any atom is 0.263 e. The van der Waals surface area contributed by atoms with Crippen LogP contribution in [0.1, 0.15) is 29.4 Å². The molecular formula is C22H24N4O3S. The highest BCUT2D eigenvalue weighted by atomic mass is 32.1. The highest BCUT2D eigenvalue weighted by Gasteiger charge is 2.40. The molecule has 2 N–H and O–H groups in total. The van der Waals surface area contributed by atoms with Gasteiger partial charge < -0.3 is 25.0 Å². The standard InChI is InChI=1S/C22H24N4O3S/c1-13-12-23-19-18-14-2-5-17(26-8-6-22(7-9-26)28-10-11-29-22)25-15(14)3-4-16(18)30-20(19)21(27)24-13/h2-5,13,23H,6-12H2,1H3,(H,24,27). The largest absolute Gasteiger partial charge is 0.381 e. The van der Waals surface area contributed by atoms with Crippen molar-refractivity contribution in [1.82, 2.24) is 10.3 Å². The van der Waals surface area contributed by atoms with Crippen LogP contribution in [0.25, 0.3) is 21.0 Å². The third-order valence-corrected chi connectivity index (χ3v) is 7.49. The van der Waals surface area contributed by atoms with Crippen molar-refractivity contribution >= 4 is 49.7 Å². The number of carbonyl (C=O) groups is 1. The molecule has 3 aromatic rings. The molecular weight excluding hydrogens is 400 g/mol. The molecule has 6 rings (SSSR count). The number of anilines is 2. The van der Waals surface area contributed by atoms with E-state index >= 15 is 0 Å². The molecule has 3 aliphatic rings. The Morgan fingerprint density at radius 2 is 1.97 bits per heavy atom. The van der Waals surface area contributed by atoms with Gasteiger partial charge in [-0.25, -0.2) is 4.98 Å². The van der Waals surface area contributed by atoms with Gasteiger partial charge in [0.25, 0.3) is 5.91 Å². The first-order valence-electron chi connectivity index (χ1n) is 10.6. The second kappa shape index (κ2) is 6.80. The van der Waals surface area contributed by atoms with Crippen LogP contribution in [0.5, 0.6) is 0 Å². The molecule has 8 heteroatoms. The molecule has 7 nitrogen and oxygen atoms in total. The molecule has 156 valence electrons. The van der Waals surface area contributed by atoms with Crippen LogP contribution in [-0.4, -0.2) is 55.6 Å². The molecule has 3 aliphatic heterocycles. The lowest BCUT2D eigenvalue weighted by molar-refractivity contribution is -0.169. The minimum Gasteiger partial charge on any atom is -0.381 e. The molecule has 1 aromatic carbocycles. The minimum atomic E-state index is -0.378. The Morgan fingerprint density at radius 3 is 2.77 bits per heavy atom. The lowest BCUT2D eigenvalue weighted by Crippen LogP contribution is -2.45. The number of nitrogens with one attached hydrogen (secondary N) is 2. The topological polar surface area (TPSA) is 75.7 Å². The molecule has 30 heavy (non-hydrogen) atoms. The number of rotatable bonds is 1. The van der Waals surface area contributed by atoms with Crippen molar-refractivity contribution in [1.29, 1.82) is 0 Å². The zero-order chi connectivity index (χ0) is 20.3. The van der Waals surface area contributed by atoms with Gasteiger partial charge in [0.1, 0.15) is 10.7 Å². The van der Waals surface area contributed by atoms with E-state index in [1.807, 2.05) is 6.92 Å². The van der Waals surface area contributed by atoms with Gasteiger partial charge in [-0.3, -0.25) is 4.79 Å². The Labute approximate surface area is 178 Å². The molecule has 1 atom stereocenters. The average molecular weight is 425 g/mol. The highest BCUT2D eigenvalue weighted by molar-refractivity contribution is 7.21. The number of piperidine rings is 1. The Hall–Kier alpha value is -2.42. The van der Waals surface area contributed by atoms with Gasteiger partial charge in [-0.2, -0.15) is 0 Å². The van der Waals surface area contributed by atoms with Gasteiger partial charge in [0.15, 0.2) is 5.79 Å². The fourth-order valence-corrected chi connectivity index (χ4v) is 5.85. The molecule has 0 bridgehead atoms. The Balaban J connectivity index is 1.37.